The number of carbonyl (C=O) groups excluding carboxylic acids is 1. The number of benzene rings is 2. The Morgan fingerprint density at radius 1 is 1.03 bits per heavy atom. The highest BCUT2D eigenvalue weighted by Crippen LogP contribution is 2.19. The van der Waals surface area contributed by atoms with Crippen LogP contribution in [-0.2, 0) is 4.74 Å². The van der Waals surface area contributed by atoms with Crippen molar-refractivity contribution in [2.24, 2.45) is 0 Å². The maximum atomic E-state index is 13.0. The standard InChI is InChI=1S/C24H25FN6O3/c25-19-6-1-17(2-7-19)3-10-21(33)18-4-8-20(9-5-18)27-23-28-22(26-11-14-32)29-24(30-23)31-12-15-34-16-13-31/h1-10,32H,11-16H2,(H2,26,27,28,29,30)/b10-3+. The summed E-state index contributed by atoms with van der Waals surface area (Å²) < 4.78 is 18.4. The number of carbonyl (C=O) groups is 1. The highest BCUT2D eigenvalue weighted by atomic mass is 19.1. The molecule has 1 aliphatic rings. The molecule has 0 aliphatic carbocycles. The van der Waals surface area contributed by atoms with Crippen LogP contribution in [0.25, 0.3) is 6.08 Å². The second-order valence-electron chi connectivity index (χ2n) is 7.48. The number of anilines is 4. The van der Waals surface area contributed by atoms with Crippen molar-refractivity contribution in [3.05, 3.63) is 71.6 Å². The monoisotopic (exact) mass is 464 g/mol. The van der Waals surface area contributed by atoms with Gasteiger partial charge in [-0.15, -0.1) is 0 Å². The summed E-state index contributed by atoms with van der Waals surface area (Å²) in [6.45, 7) is 2.80. The maximum Gasteiger partial charge on any atom is 0.233 e. The van der Waals surface area contributed by atoms with Crippen molar-refractivity contribution >= 4 is 35.4 Å². The quantitative estimate of drug-likeness (QED) is 0.325. The highest BCUT2D eigenvalue weighted by molar-refractivity contribution is 6.07. The van der Waals surface area contributed by atoms with Gasteiger partial charge in [-0.3, -0.25) is 4.79 Å². The summed E-state index contributed by atoms with van der Waals surface area (Å²) in [5, 5.41) is 15.2. The zero-order valence-electron chi connectivity index (χ0n) is 18.4. The molecule has 0 radical (unpaired) electrons. The number of nitrogens with zero attached hydrogens (tertiary/aromatic N) is 4. The van der Waals surface area contributed by atoms with Gasteiger partial charge in [0, 0.05) is 30.9 Å². The second-order valence-corrected chi connectivity index (χ2v) is 7.48. The van der Waals surface area contributed by atoms with Gasteiger partial charge < -0.3 is 25.4 Å². The van der Waals surface area contributed by atoms with E-state index in [4.69, 9.17) is 9.84 Å². The zero-order chi connectivity index (χ0) is 23.8. The van der Waals surface area contributed by atoms with Crippen molar-refractivity contribution in [1.82, 2.24) is 15.0 Å². The first-order chi connectivity index (χ1) is 16.6. The van der Waals surface area contributed by atoms with Gasteiger partial charge in [0.15, 0.2) is 5.78 Å². The van der Waals surface area contributed by atoms with Gasteiger partial charge in [-0.1, -0.05) is 18.2 Å². The molecule has 34 heavy (non-hydrogen) atoms. The molecule has 0 bridgehead atoms. The van der Waals surface area contributed by atoms with Crippen molar-refractivity contribution in [2.45, 2.75) is 0 Å². The summed E-state index contributed by atoms with van der Waals surface area (Å²) in [6.07, 6.45) is 3.10. The van der Waals surface area contributed by atoms with Gasteiger partial charge in [0.05, 0.1) is 19.8 Å². The lowest BCUT2D eigenvalue weighted by Gasteiger charge is -2.27. The summed E-state index contributed by atoms with van der Waals surface area (Å²) in [5.41, 5.74) is 1.95. The summed E-state index contributed by atoms with van der Waals surface area (Å²) in [4.78, 5) is 27.8. The Morgan fingerprint density at radius 3 is 2.44 bits per heavy atom. The van der Waals surface area contributed by atoms with Gasteiger partial charge in [-0.05, 0) is 48.0 Å². The average Bonchev–Trinajstić information content (AvgIpc) is 2.88. The molecule has 2 heterocycles. The number of aliphatic hydroxyl groups is 1. The lowest BCUT2D eigenvalue weighted by atomic mass is 10.1. The van der Waals surface area contributed by atoms with Crippen LogP contribution in [-0.4, -0.2) is 65.3 Å². The van der Waals surface area contributed by atoms with Crippen molar-refractivity contribution < 1.29 is 19.0 Å². The molecule has 1 fully saturated rings. The fraction of sp³-hybridized carbons (Fsp3) is 0.250. The van der Waals surface area contributed by atoms with E-state index < -0.39 is 0 Å². The first kappa shape index (κ1) is 23.3. The third kappa shape index (κ3) is 6.33. The molecule has 176 valence electrons. The molecule has 1 aliphatic heterocycles. The molecule has 1 saturated heterocycles. The second kappa shape index (κ2) is 11.3. The summed E-state index contributed by atoms with van der Waals surface area (Å²) in [5.74, 6) is 0.719. The minimum atomic E-state index is -0.321. The first-order valence-corrected chi connectivity index (χ1v) is 10.9. The van der Waals surface area contributed by atoms with Gasteiger partial charge in [-0.2, -0.15) is 15.0 Å². The van der Waals surface area contributed by atoms with E-state index in [-0.39, 0.29) is 18.2 Å². The molecule has 1 aromatic heterocycles. The smallest absolute Gasteiger partial charge is 0.233 e. The number of morpholine rings is 1. The lowest BCUT2D eigenvalue weighted by Crippen LogP contribution is -2.37. The van der Waals surface area contributed by atoms with Crippen LogP contribution in [0.2, 0.25) is 0 Å². The van der Waals surface area contributed by atoms with Crippen LogP contribution in [0.4, 0.5) is 27.9 Å². The van der Waals surface area contributed by atoms with E-state index in [0.717, 1.165) is 5.56 Å². The fourth-order valence-corrected chi connectivity index (χ4v) is 3.26. The highest BCUT2D eigenvalue weighted by Gasteiger charge is 2.17. The molecule has 0 atom stereocenters. The van der Waals surface area contributed by atoms with Gasteiger partial charge in [0.25, 0.3) is 0 Å². The molecule has 0 unspecified atom stereocenters. The molecule has 0 amide bonds. The molecular formula is C24H25FN6O3. The van der Waals surface area contributed by atoms with E-state index >= 15 is 0 Å². The number of aromatic nitrogens is 3. The maximum absolute atomic E-state index is 13.0. The number of ether oxygens (including phenoxy) is 1. The van der Waals surface area contributed by atoms with Crippen molar-refractivity contribution in [2.75, 3.05) is 55.0 Å². The SMILES string of the molecule is O=C(/C=C/c1ccc(F)cc1)c1ccc(Nc2nc(NCCO)nc(N3CCOCC3)n2)cc1. The molecule has 3 aromatic rings. The zero-order valence-corrected chi connectivity index (χ0v) is 18.4. The third-order valence-corrected chi connectivity index (χ3v) is 5.04. The lowest BCUT2D eigenvalue weighted by molar-refractivity contribution is 0.104. The number of rotatable bonds is 9. The molecule has 2 aromatic carbocycles. The van der Waals surface area contributed by atoms with E-state index in [0.29, 0.717) is 61.9 Å². The Labute approximate surface area is 196 Å². The number of allylic oxidation sites excluding steroid dienone is 1. The number of ketones is 1. The van der Waals surface area contributed by atoms with Gasteiger partial charge in [0.1, 0.15) is 5.82 Å². The molecule has 0 spiro atoms. The van der Waals surface area contributed by atoms with E-state index in [1.54, 1.807) is 42.5 Å². The van der Waals surface area contributed by atoms with Crippen LogP contribution >= 0.6 is 0 Å². The van der Waals surface area contributed by atoms with Crippen LogP contribution in [0.1, 0.15) is 15.9 Å². The normalized spacial score (nSPS) is 13.8. The summed E-state index contributed by atoms with van der Waals surface area (Å²) >= 11 is 0. The van der Waals surface area contributed by atoms with Crippen molar-refractivity contribution in [3.8, 4) is 0 Å². The summed E-state index contributed by atoms with van der Waals surface area (Å²) in [6, 6.07) is 12.8. The minimum absolute atomic E-state index is 0.0492. The topological polar surface area (TPSA) is 112 Å². The number of halogens is 1. The summed E-state index contributed by atoms with van der Waals surface area (Å²) in [7, 11) is 0. The van der Waals surface area contributed by atoms with Crippen LogP contribution < -0.4 is 15.5 Å². The van der Waals surface area contributed by atoms with E-state index in [9.17, 15) is 9.18 Å². The number of aliphatic hydroxyl groups excluding tert-OH is 1. The molecule has 10 heteroatoms. The van der Waals surface area contributed by atoms with Gasteiger partial charge >= 0.3 is 0 Å². The number of nitrogens with one attached hydrogen (secondary N) is 2. The predicted molar refractivity (Wildman–Crippen MR) is 128 cm³/mol. The Morgan fingerprint density at radius 2 is 1.74 bits per heavy atom. The Balaban J connectivity index is 1.46. The van der Waals surface area contributed by atoms with Crippen LogP contribution in [0.5, 0.6) is 0 Å². The van der Waals surface area contributed by atoms with Crippen molar-refractivity contribution in [1.29, 1.82) is 0 Å². The first-order valence-electron chi connectivity index (χ1n) is 10.9. The number of hydrogen-bond donors (Lipinski definition) is 3. The largest absolute Gasteiger partial charge is 0.395 e. The molecule has 4 rings (SSSR count). The number of hydrogen-bond acceptors (Lipinski definition) is 9. The average molecular weight is 465 g/mol. The third-order valence-electron chi connectivity index (χ3n) is 5.04. The van der Waals surface area contributed by atoms with Crippen LogP contribution in [0.3, 0.4) is 0 Å². The fourth-order valence-electron chi connectivity index (χ4n) is 3.26. The molecule has 0 saturated carbocycles. The Bertz CT molecular complexity index is 1130. The van der Waals surface area contributed by atoms with Crippen LogP contribution in [0.15, 0.2) is 54.6 Å². The Hall–Kier alpha value is -3.89. The molecule has 9 nitrogen and oxygen atoms in total. The predicted octanol–water partition coefficient (Wildman–Crippen LogP) is 2.89. The van der Waals surface area contributed by atoms with E-state index in [1.807, 2.05) is 4.90 Å². The van der Waals surface area contributed by atoms with E-state index in [2.05, 4.69) is 25.6 Å². The molecular weight excluding hydrogens is 439 g/mol. The van der Waals surface area contributed by atoms with Gasteiger partial charge in [0.2, 0.25) is 17.8 Å². The van der Waals surface area contributed by atoms with Crippen LogP contribution in [0, 0.1) is 5.82 Å². The van der Waals surface area contributed by atoms with Crippen molar-refractivity contribution in [3.63, 3.8) is 0 Å². The molecule has 3 N–H and O–H groups in total. The van der Waals surface area contributed by atoms with E-state index in [1.165, 1.54) is 18.2 Å². The Kier molecular flexibility index (Phi) is 7.74. The van der Waals surface area contributed by atoms with Gasteiger partial charge in [-0.25, -0.2) is 4.39 Å². The minimum Gasteiger partial charge on any atom is -0.395 e.